The maximum Gasteiger partial charge on any atom is 0.0924 e. The lowest BCUT2D eigenvalue weighted by Gasteiger charge is -2.38. The smallest absolute Gasteiger partial charge is 0.0924 e. The average Bonchev–Trinajstić information content (AvgIpc) is 2.33. The van der Waals surface area contributed by atoms with Crippen LogP contribution in [0.2, 0.25) is 5.02 Å². The second-order valence-corrected chi connectivity index (χ2v) is 5.23. The Morgan fingerprint density at radius 2 is 2.00 bits per heavy atom. The van der Waals surface area contributed by atoms with Crippen LogP contribution in [0.3, 0.4) is 0 Å². The molecule has 17 heavy (non-hydrogen) atoms. The summed E-state index contributed by atoms with van der Waals surface area (Å²) < 4.78 is 0. The minimum absolute atomic E-state index is 0.0648. The zero-order valence-electron chi connectivity index (χ0n) is 9.99. The molecule has 0 bridgehead atoms. The number of hydrogen-bond acceptors (Lipinski definition) is 3. The third kappa shape index (κ3) is 2.63. The number of likely N-dealkylation sites (tertiary alicyclic amines) is 1. The molecule has 1 aromatic rings. The van der Waals surface area contributed by atoms with Crippen molar-refractivity contribution in [1.29, 1.82) is 0 Å². The summed E-state index contributed by atoms with van der Waals surface area (Å²) in [5.74, 6) is 0. The molecule has 1 aromatic carbocycles. The van der Waals surface area contributed by atoms with Crippen LogP contribution in [-0.4, -0.2) is 35.3 Å². The van der Waals surface area contributed by atoms with Gasteiger partial charge in [-0.25, -0.2) is 0 Å². The number of aliphatic hydroxyl groups excluding tert-OH is 1. The van der Waals surface area contributed by atoms with Gasteiger partial charge in [-0.3, -0.25) is 0 Å². The molecule has 1 heterocycles. The molecule has 2 rings (SSSR count). The van der Waals surface area contributed by atoms with Crippen molar-refractivity contribution in [3.8, 4) is 0 Å². The summed E-state index contributed by atoms with van der Waals surface area (Å²) in [7, 11) is 2.05. The fourth-order valence-corrected chi connectivity index (χ4v) is 2.55. The Labute approximate surface area is 107 Å². The zero-order chi connectivity index (χ0) is 12.5. The van der Waals surface area contributed by atoms with Crippen molar-refractivity contribution < 1.29 is 10.2 Å². The maximum atomic E-state index is 10.7. The fraction of sp³-hybridized carbons (Fsp3) is 0.538. The highest BCUT2D eigenvalue weighted by molar-refractivity contribution is 6.30. The highest BCUT2D eigenvalue weighted by atomic mass is 35.5. The number of benzene rings is 1. The van der Waals surface area contributed by atoms with E-state index in [4.69, 9.17) is 11.6 Å². The highest BCUT2D eigenvalue weighted by Crippen LogP contribution is 2.35. The molecule has 1 aliphatic rings. The number of rotatable bonds is 2. The largest absolute Gasteiger partial charge is 0.392 e. The van der Waals surface area contributed by atoms with Gasteiger partial charge in [-0.05, 0) is 43.1 Å². The second kappa shape index (κ2) is 4.94. The van der Waals surface area contributed by atoms with Crippen LogP contribution in [-0.2, 0) is 12.2 Å². The first-order valence-electron chi connectivity index (χ1n) is 5.86. The molecule has 2 N–H and O–H groups in total. The van der Waals surface area contributed by atoms with Crippen LogP contribution in [0.4, 0.5) is 0 Å². The maximum absolute atomic E-state index is 10.7. The summed E-state index contributed by atoms with van der Waals surface area (Å²) in [6.07, 6.45) is 1.35. The normalized spacial score (nSPS) is 20.5. The highest BCUT2D eigenvalue weighted by Gasteiger charge is 2.34. The van der Waals surface area contributed by atoms with Crippen molar-refractivity contribution in [3.05, 3.63) is 34.3 Å². The molecule has 0 saturated carbocycles. The van der Waals surface area contributed by atoms with Gasteiger partial charge in [0.2, 0.25) is 0 Å². The van der Waals surface area contributed by atoms with E-state index in [-0.39, 0.29) is 6.61 Å². The van der Waals surface area contributed by atoms with Crippen LogP contribution in [0, 0.1) is 0 Å². The molecule has 0 aromatic heterocycles. The van der Waals surface area contributed by atoms with Crippen LogP contribution in [0.15, 0.2) is 18.2 Å². The van der Waals surface area contributed by atoms with Gasteiger partial charge in [0.25, 0.3) is 0 Å². The Kier molecular flexibility index (Phi) is 3.73. The first kappa shape index (κ1) is 12.8. The minimum Gasteiger partial charge on any atom is -0.392 e. The van der Waals surface area contributed by atoms with E-state index in [9.17, 15) is 10.2 Å². The van der Waals surface area contributed by atoms with E-state index in [1.165, 1.54) is 0 Å². The van der Waals surface area contributed by atoms with E-state index < -0.39 is 5.60 Å². The molecule has 0 unspecified atom stereocenters. The summed E-state index contributed by atoms with van der Waals surface area (Å²) in [4.78, 5) is 2.19. The Morgan fingerprint density at radius 1 is 1.35 bits per heavy atom. The van der Waals surface area contributed by atoms with Crippen LogP contribution in [0.5, 0.6) is 0 Å². The van der Waals surface area contributed by atoms with Crippen molar-refractivity contribution in [1.82, 2.24) is 4.90 Å². The fourth-order valence-electron chi connectivity index (χ4n) is 2.38. The molecule has 0 radical (unpaired) electrons. The molecule has 1 aliphatic heterocycles. The van der Waals surface area contributed by atoms with Gasteiger partial charge in [0.1, 0.15) is 0 Å². The second-order valence-electron chi connectivity index (χ2n) is 4.79. The number of nitrogens with zero attached hydrogens (tertiary/aromatic N) is 1. The standard InChI is InChI=1S/C13H18ClNO2/c1-15-6-4-13(17,5-7-15)12-8-11(14)3-2-10(12)9-16/h2-3,8,16-17H,4-7,9H2,1H3. The van der Waals surface area contributed by atoms with Crippen molar-refractivity contribution in [3.63, 3.8) is 0 Å². The summed E-state index contributed by atoms with van der Waals surface area (Å²) >= 11 is 5.98. The van der Waals surface area contributed by atoms with Crippen LogP contribution < -0.4 is 0 Å². The predicted octanol–water partition coefficient (Wildman–Crippen LogP) is 1.75. The zero-order valence-corrected chi connectivity index (χ0v) is 10.7. The molecular formula is C13H18ClNO2. The predicted molar refractivity (Wildman–Crippen MR) is 68.0 cm³/mol. The lowest BCUT2D eigenvalue weighted by molar-refractivity contribution is -0.0217. The summed E-state index contributed by atoms with van der Waals surface area (Å²) in [5.41, 5.74) is 0.692. The SMILES string of the molecule is CN1CCC(O)(c2cc(Cl)ccc2CO)CC1. The van der Waals surface area contributed by atoms with E-state index in [0.717, 1.165) is 24.2 Å². The van der Waals surface area contributed by atoms with E-state index in [2.05, 4.69) is 4.90 Å². The van der Waals surface area contributed by atoms with Gasteiger partial charge >= 0.3 is 0 Å². The number of aliphatic hydroxyl groups is 2. The van der Waals surface area contributed by atoms with Crippen molar-refractivity contribution in [2.45, 2.75) is 25.0 Å². The van der Waals surface area contributed by atoms with Gasteiger partial charge in [-0.2, -0.15) is 0 Å². The molecule has 0 amide bonds. The molecule has 1 fully saturated rings. The summed E-state index contributed by atoms with van der Waals surface area (Å²) in [6, 6.07) is 5.31. The van der Waals surface area contributed by atoms with Crippen LogP contribution in [0.1, 0.15) is 24.0 Å². The lowest BCUT2D eigenvalue weighted by Crippen LogP contribution is -2.41. The van der Waals surface area contributed by atoms with E-state index in [0.29, 0.717) is 17.9 Å². The minimum atomic E-state index is -0.852. The van der Waals surface area contributed by atoms with Gasteiger partial charge in [0.05, 0.1) is 12.2 Å². The van der Waals surface area contributed by atoms with Crippen molar-refractivity contribution in [2.75, 3.05) is 20.1 Å². The van der Waals surface area contributed by atoms with Crippen LogP contribution >= 0.6 is 11.6 Å². The van der Waals surface area contributed by atoms with Gasteiger partial charge in [0, 0.05) is 18.1 Å². The number of halogens is 1. The first-order chi connectivity index (χ1) is 8.05. The van der Waals surface area contributed by atoms with E-state index >= 15 is 0 Å². The molecule has 3 nitrogen and oxygen atoms in total. The molecule has 1 saturated heterocycles. The molecule has 0 atom stereocenters. The Morgan fingerprint density at radius 3 is 2.59 bits per heavy atom. The monoisotopic (exact) mass is 255 g/mol. The Balaban J connectivity index is 2.34. The average molecular weight is 256 g/mol. The molecular weight excluding hydrogens is 238 g/mol. The molecule has 4 heteroatoms. The van der Waals surface area contributed by atoms with Crippen molar-refractivity contribution >= 4 is 11.6 Å². The molecule has 0 spiro atoms. The van der Waals surface area contributed by atoms with Gasteiger partial charge in [-0.1, -0.05) is 17.7 Å². The quantitative estimate of drug-likeness (QED) is 0.846. The third-order valence-corrected chi connectivity index (χ3v) is 3.79. The van der Waals surface area contributed by atoms with Gasteiger partial charge < -0.3 is 15.1 Å². The Bertz CT molecular complexity index is 400. The van der Waals surface area contributed by atoms with E-state index in [1.807, 2.05) is 7.05 Å². The molecule has 0 aliphatic carbocycles. The summed E-state index contributed by atoms with van der Waals surface area (Å²) in [5, 5.41) is 20.6. The van der Waals surface area contributed by atoms with Gasteiger partial charge in [-0.15, -0.1) is 0 Å². The number of hydrogen-bond donors (Lipinski definition) is 2. The third-order valence-electron chi connectivity index (χ3n) is 3.56. The molecule has 94 valence electrons. The topological polar surface area (TPSA) is 43.7 Å². The first-order valence-corrected chi connectivity index (χ1v) is 6.24. The van der Waals surface area contributed by atoms with Crippen LogP contribution in [0.25, 0.3) is 0 Å². The number of piperidine rings is 1. The Hall–Kier alpha value is -0.610. The van der Waals surface area contributed by atoms with Crippen molar-refractivity contribution in [2.24, 2.45) is 0 Å². The van der Waals surface area contributed by atoms with Gasteiger partial charge in [0.15, 0.2) is 0 Å². The van der Waals surface area contributed by atoms with E-state index in [1.54, 1.807) is 18.2 Å². The lowest BCUT2D eigenvalue weighted by atomic mass is 9.82. The summed E-state index contributed by atoms with van der Waals surface area (Å²) in [6.45, 7) is 1.65.